The van der Waals surface area contributed by atoms with Gasteiger partial charge in [-0.2, -0.15) is 4.31 Å². The van der Waals surface area contributed by atoms with E-state index in [-0.39, 0.29) is 23.1 Å². The van der Waals surface area contributed by atoms with Crippen molar-refractivity contribution in [3.63, 3.8) is 0 Å². The third kappa shape index (κ3) is 8.11. The van der Waals surface area contributed by atoms with Gasteiger partial charge in [0.25, 0.3) is 5.91 Å². The number of carbonyl (C=O) groups is 1. The molecule has 0 unspecified atom stereocenters. The SMILES string of the molecule is C=CCN(CC=C)S(=O)(=O)c1ccc(NC(=S)NC(=O)c2cccc(OCCc3ccccc3)c2)cc1. The lowest BCUT2D eigenvalue weighted by Gasteiger charge is -2.19. The minimum absolute atomic E-state index is 0.0796. The highest BCUT2D eigenvalue weighted by molar-refractivity contribution is 7.89. The van der Waals surface area contributed by atoms with Crippen LogP contribution >= 0.6 is 12.2 Å². The second-order valence-electron chi connectivity index (χ2n) is 7.94. The van der Waals surface area contributed by atoms with Crippen molar-refractivity contribution in [1.82, 2.24) is 9.62 Å². The predicted molar refractivity (Wildman–Crippen MR) is 151 cm³/mol. The molecule has 0 spiro atoms. The maximum absolute atomic E-state index is 12.8. The standard InChI is InChI=1S/C28H29N3O4S2/c1-3-18-31(19-4-2)37(33,34)26-15-13-24(14-16-26)29-28(36)30-27(32)23-11-8-12-25(21-23)35-20-17-22-9-6-5-7-10-22/h3-16,21H,1-2,17-20H2,(H2,29,30,32,36). The Morgan fingerprint density at radius 1 is 0.946 bits per heavy atom. The Bertz CT molecular complexity index is 1330. The van der Waals surface area contributed by atoms with Gasteiger partial charge in [0.2, 0.25) is 10.0 Å². The van der Waals surface area contributed by atoms with Crippen LogP contribution in [0.25, 0.3) is 0 Å². The number of carbonyl (C=O) groups excluding carboxylic acids is 1. The van der Waals surface area contributed by atoms with Gasteiger partial charge in [0.15, 0.2) is 5.11 Å². The normalized spacial score (nSPS) is 10.9. The first kappa shape index (κ1) is 27.8. The smallest absolute Gasteiger partial charge is 0.257 e. The monoisotopic (exact) mass is 535 g/mol. The van der Waals surface area contributed by atoms with Gasteiger partial charge in [-0.25, -0.2) is 8.42 Å². The van der Waals surface area contributed by atoms with E-state index in [4.69, 9.17) is 17.0 Å². The van der Waals surface area contributed by atoms with Crippen molar-refractivity contribution in [3.05, 3.63) is 115 Å². The second kappa shape index (κ2) is 13.5. The van der Waals surface area contributed by atoms with Crippen LogP contribution in [0.5, 0.6) is 5.75 Å². The van der Waals surface area contributed by atoms with Crippen LogP contribution in [0.1, 0.15) is 15.9 Å². The average molecular weight is 536 g/mol. The zero-order valence-corrected chi connectivity index (χ0v) is 21.9. The molecule has 0 aliphatic heterocycles. The molecule has 0 aliphatic carbocycles. The lowest BCUT2D eigenvalue weighted by Crippen LogP contribution is -2.34. The van der Waals surface area contributed by atoms with E-state index in [0.717, 1.165) is 6.42 Å². The minimum Gasteiger partial charge on any atom is -0.493 e. The number of hydrogen-bond acceptors (Lipinski definition) is 5. The highest BCUT2D eigenvalue weighted by Gasteiger charge is 2.22. The molecule has 7 nitrogen and oxygen atoms in total. The van der Waals surface area contributed by atoms with Gasteiger partial charge in [-0.1, -0.05) is 48.6 Å². The topological polar surface area (TPSA) is 87.7 Å². The number of anilines is 1. The molecule has 0 bridgehead atoms. The molecule has 2 N–H and O–H groups in total. The third-order valence-electron chi connectivity index (χ3n) is 5.24. The Kier molecular flexibility index (Phi) is 10.1. The first-order valence-electron chi connectivity index (χ1n) is 11.5. The molecule has 3 aromatic rings. The summed E-state index contributed by atoms with van der Waals surface area (Å²) >= 11 is 5.26. The molecule has 192 valence electrons. The Morgan fingerprint density at radius 3 is 2.27 bits per heavy atom. The summed E-state index contributed by atoms with van der Waals surface area (Å²) in [5, 5.41) is 5.60. The summed E-state index contributed by atoms with van der Waals surface area (Å²) in [6.07, 6.45) is 3.79. The molecule has 0 aliphatic rings. The zero-order valence-electron chi connectivity index (χ0n) is 20.3. The van der Waals surface area contributed by atoms with E-state index in [1.165, 1.54) is 34.2 Å². The van der Waals surface area contributed by atoms with Crippen LogP contribution in [-0.2, 0) is 16.4 Å². The van der Waals surface area contributed by atoms with E-state index in [1.54, 1.807) is 36.4 Å². The second-order valence-corrected chi connectivity index (χ2v) is 10.3. The van der Waals surface area contributed by atoms with Crippen LogP contribution in [0.4, 0.5) is 5.69 Å². The molecule has 0 atom stereocenters. The summed E-state index contributed by atoms with van der Waals surface area (Å²) in [6.45, 7) is 8.04. The molecule has 0 aromatic heterocycles. The van der Waals surface area contributed by atoms with Crippen LogP contribution in [0.2, 0.25) is 0 Å². The summed E-state index contributed by atoms with van der Waals surface area (Å²) < 4.78 is 32.7. The van der Waals surface area contributed by atoms with Crippen LogP contribution in [-0.4, -0.2) is 43.4 Å². The Hall–Kier alpha value is -3.79. The maximum atomic E-state index is 12.8. The molecular formula is C28H29N3O4S2. The molecule has 3 rings (SSSR count). The highest BCUT2D eigenvalue weighted by atomic mass is 32.2. The van der Waals surface area contributed by atoms with Crippen LogP contribution < -0.4 is 15.4 Å². The fraction of sp³-hybridized carbons (Fsp3) is 0.143. The molecule has 37 heavy (non-hydrogen) atoms. The van der Waals surface area contributed by atoms with Crippen LogP contribution in [0, 0.1) is 0 Å². The van der Waals surface area contributed by atoms with Crippen LogP contribution in [0.15, 0.2) is 109 Å². The van der Waals surface area contributed by atoms with Gasteiger partial charge in [-0.15, -0.1) is 13.2 Å². The number of hydrogen-bond donors (Lipinski definition) is 2. The Balaban J connectivity index is 1.56. The van der Waals surface area contributed by atoms with Crippen molar-refractivity contribution in [3.8, 4) is 5.75 Å². The molecule has 0 saturated carbocycles. The third-order valence-corrected chi connectivity index (χ3v) is 7.29. The number of rotatable bonds is 12. The molecular weight excluding hydrogens is 506 g/mol. The largest absolute Gasteiger partial charge is 0.493 e. The van der Waals surface area contributed by atoms with Crippen molar-refractivity contribution in [2.75, 3.05) is 25.0 Å². The van der Waals surface area contributed by atoms with Crippen molar-refractivity contribution in [2.24, 2.45) is 0 Å². The molecule has 0 fully saturated rings. The summed E-state index contributed by atoms with van der Waals surface area (Å²) in [5.41, 5.74) is 2.10. The van der Waals surface area contributed by atoms with Crippen molar-refractivity contribution in [1.29, 1.82) is 0 Å². The molecule has 1 amide bonds. The van der Waals surface area contributed by atoms with Gasteiger partial charge in [-0.05, 0) is 60.2 Å². The quantitative estimate of drug-likeness (QED) is 0.256. The van der Waals surface area contributed by atoms with E-state index >= 15 is 0 Å². The van der Waals surface area contributed by atoms with E-state index in [9.17, 15) is 13.2 Å². The number of nitrogens with zero attached hydrogens (tertiary/aromatic N) is 1. The Morgan fingerprint density at radius 2 is 1.62 bits per heavy atom. The van der Waals surface area contributed by atoms with Gasteiger partial charge < -0.3 is 10.1 Å². The van der Waals surface area contributed by atoms with Crippen LogP contribution in [0.3, 0.4) is 0 Å². The van der Waals surface area contributed by atoms with Crippen molar-refractivity contribution in [2.45, 2.75) is 11.3 Å². The zero-order chi connectivity index (χ0) is 26.7. The van der Waals surface area contributed by atoms with Gasteiger partial charge in [0.05, 0.1) is 11.5 Å². The van der Waals surface area contributed by atoms with E-state index < -0.39 is 15.9 Å². The fourth-order valence-electron chi connectivity index (χ4n) is 3.41. The van der Waals surface area contributed by atoms with Crippen molar-refractivity contribution >= 4 is 38.9 Å². The summed E-state index contributed by atoms with van der Waals surface area (Å²) in [5.74, 6) is 0.191. The van der Waals surface area contributed by atoms with Gasteiger partial charge in [-0.3, -0.25) is 10.1 Å². The average Bonchev–Trinajstić information content (AvgIpc) is 2.89. The first-order chi connectivity index (χ1) is 17.8. The lowest BCUT2D eigenvalue weighted by atomic mass is 10.2. The minimum atomic E-state index is -3.70. The Labute approximate surface area is 223 Å². The molecule has 0 saturated heterocycles. The van der Waals surface area contributed by atoms with E-state index in [2.05, 4.69) is 23.8 Å². The molecule has 0 heterocycles. The van der Waals surface area contributed by atoms with Gasteiger partial charge in [0, 0.05) is 30.8 Å². The molecule has 3 aromatic carbocycles. The number of ether oxygens (including phenoxy) is 1. The number of amides is 1. The van der Waals surface area contributed by atoms with Crippen molar-refractivity contribution < 1.29 is 17.9 Å². The van der Waals surface area contributed by atoms with E-state index in [0.29, 0.717) is 23.6 Å². The number of nitrogens with one attached hydrogen (secondary N) is 2. The number of thiocarbonyl (C=S) groups is 1. The summed E-state index contributed by atoms with van der Waals surface area (Å²) in [7, 11) is -3.70. The number of benzene rings is 3. The first-order valence-corrected chi connectivity index (χ1v) is 13.4. The van der Waals surface area contributed by atoms with Gasteiger partial charge >= 0.3 is 0 Å². The van der Waals surface area contributed by atoms with E-state index in [1.807, 2.05) is 30.3 Å². The fourth-order valence-corrected chi connectivity index (χ4v) is 5.01. The lowest BCUT2D eigenvalue weighted by molar-refractivity contribution is 0.0977. The predicted octanol–water partition coefficient (Wildman–Crippen LogP) is 4.80. The summed E-state index contributed by atoms with van der Waals surface area (Å²) in [4.78, 5) is 12.8. The molecule has 9 heteroatoms. The molecule has 0 radical (unpaired) electrons. The summed E-state index contributed by atoms with van der Waals surface area (Å²) in [6, 6.07) is 22.9. The number of sulfonamides is 1. The van der Waals surface area contributed by atoms with Gasteiger partial charge in [0.1, 0.15) is 5.75 Å². The maximum Gasteiger partial charge on any atom is 0.257 e. The highest BCUT2D eigenvalue weighted by Crippen LogP contribution is 2.19.